The number of ketones is 1. The maximum Gasteiger partial charge on any atom is 0.418 e. The van der Waals surface area contributed by atoms with Crippen LogP contribution >= 0.6 is 0 Å². The summed E-state index contributed by atoms with van der Waals surface area (Å²) >= 11 is 0. The van der Waals surface area contributed by atoms with Crippen molar-refractivity contribution in [1.82, 2.24) is 15.0 Å². The molecule has 0 aliphatic heterocycles. The number of rotatable bonds is 5. The predicted molar refractivity (Wildman–Crippen MR) is 124 cm³/mol. The number of pyridine rings is 3. The second-order valence-electron chi connectivity index (χ2n) is 7.98. The molecule has 2 aromatic carbocycles. The first-order valence-corrected chi connectivity index (χ1v) is 10.6. The van der Waals surface area contributed by atoms with E-state index in [0.29, 0.717) is 22.2 Å². The number of aromatic nitrogens is 3. The summed E-state index contributed by atoms with van der Waals surface area (Å²) in [6, 6.07) is 19.9. The third-order valence-electron chi connectivity index (χ3n) is 5.82. The van der Waals surface area contributed by atoms with Crippen LogP contribution in [0, 0.1) is 0 Å². The minimum absolute atomic E-state index is 0.175. The van der Waals surface area contributed by atoms with Crippen LogP contribution in [0.15, 0.2) is 91.4 Å². The molecule has 3 aromatic heterocycles. The SMILES string of the molecule is O=C(C[C@@H](c1ccc2ncccc2c1)c1ncccc1C(F)(F)F)c1ccc2cccnc2c1. The number of hydrogen-bond donors (Lipinski definition) is 0. The first-order chi connectivity index (χ1) is 16.4. The van der Waals surface area contributed by atoms with Crippen LogP contribution < -0.4 is 0 Å². The quantitative estimate of drug-likeness (QED) is 0.279. The van der Waals surface area contributed by atoms with Gasteiger partial charge in [-0.25, -0.2) is 0 Å². The predicted octanol–water partition coefficient (Wildman–Crippen LogP) is 6.60. The lowest BCUT2D eigenvalue weighted by molar-refractivity contribution is -0.138. The van der Waals surface area contributed by atoms with Gasteiger partial charge in [0, 0.05) is 47.3 Å². The molecule has 0 aliphatic rings. The monoisotopic (exact) mass is 457 g/mol. The number of carbonyl (C=O) groups excluding carboxylic acids is 1. The van der Waals surface area contributed by atoms with Crippen LogP contribution in [-0.2, 0) is 6.18 Å². The maximum atomic E-state index is 13.9. The molecular formula is C27H18F3N3O. The van der Waals surface area contributed by atoms with Gasteiger partial charge in [-0.05, 0) is 48.0 Å². The molecule has 7 heteroatoms. The molecule has 0 fully saturated rings. The molecule has 168 valence electrons. The molecule has 0 spiro atoms. The van der Waals surface area contributed by atoms with Crippen LogP contribution in [0.3, 0.4) is 0 Å². The van der Waals surface area contributed by atoms with Crippen LogP contribution in [0.5, 0.6) is 0 Å². The lowest BCUT2D eigenvalue weighted by Crippen LogP contribution is -2.17. The average molecular weight is 457 g/mol. The summed E-state index contributed by atoms with van der Waals surface area (Å²) in [6.45, 7) is 0. The van der Waals surface area contributed by atoms with Crippen LogP contribution in [0.4, 0.5) is 13.2 Å². The van der Waals surface area contributed by atoms with Gasteiger partial charge in [-0.1, -0.05) is 30.3 Å². The highest BCUT2D eigenvalue weighted by Gasteiger charge is 2.37. The Morgan fingerprint density at radius 1 is 0.765 bits per heavy atom. The summed E-state index contributed by atoms with van der Waals surface area (Å²) in [5.74, 6) is -1.18. The first kappa shape index (κ1) is 21.7. The van der Waals surface area contributed by atoms with Crippen molar-refractivity contribution in [3.05, 3.63) is 114 Å². The Kier molecular flexibility index (Phi) is 5.53. The number of hydrogen-bond acceptors (Lipinski definition) is 4. The summed E-state index contributed by atoms with van der Waals surface area (Å²) in [5, 5.41) is 1.65. The van der Waals surface area contributed by atoms with Gasteiger partial charge in [-0.2, -0.15) is 13.2 Å². The minimum Gasteiger partial charge on any atom is -0.294 e. The molecule has 0 bridgehead atoms. The number of benzene rings is 2. The van der Waals surface area contributed by atoms with E-state index in [2.05, 4.69) is 15.0 Å². The molecule has 34 heavy (non-hydrogen) atoms. The van der Waals surface area contributed by atoms with Gasteiger partial charge in [0.15, 0.2) is 5.78 Å². The van der Waals surface area contributed by atoms with Gasteiger partial charge in [0.1, 0.15) is 0 Å². The van der Waals surface area contributed by atoms with Gasteiger partial charge in [0.2, 0.25) is 0 Å². The van der Waals surface area contributed by atoms with E-state index in [1.54, 1.807) is 60.9 Å². The Morgan fingerprint density at radius 2 is 1.47 bits per heavy atom. The number of nitrogens with zero attached hydrogens (tertiary/aromatic N) is 3. The zero-order valence-electron chi connectivity index (χ0n) is 17.8. The second kappa shape index (κ2) is 8.67. The van der Waals surface area contributed by atoms with E-state index in [-0.39, 0.29) is 17.9 Å². The van der Waals surface area contributed by atoms with Crippen LogP contribution in [0.1, 0.15) is 39.5 Å². The van der Waals surface area contributed by atoms with Crippen molar-refractivity contribution in [2.75, 3.05) is 0 Å². The standard InChI is InChI=1S/C27H18F3N3O/c28-27(29,30)22-6-3-13-33-26(22)21(18-9-10-23-19(14-18)5-2-11-31-23)16-25(34)20-8-7-17-4-1-12-32-24(17)15-20/h1-15,21H,16H2/t21-/m0/s1. The van der Waals surface area contributed by atoms with Crippen molar-refractivity contribution < 1.29 is 18.0 Å². The molecule has 3 heterocycles. The molecule has 1 atom stereocenters. The van der Waals surface area contributed by atoms with Crippen molar-refractivity contribution in [1.29, 1.82) is 0 Å². The first-order valence-electron chi connectivity index (χ1n) is 10.6. The number of fused-ring (bicyclic) bond motifs is 2. The van der Waals surface area contributed by atoms with Crippen molar-refractivity contribution in [2.45, 2.75) is 18.5 Å². The van der Waals surface area contributed by atoms with E-state index in [1.165, 1.54) is 12.3 Å². The van der Waals surface area contributed by atoms with Gasteiger partial charge < -0.3 is 0 Å². The number of halogens is 3. The molecule has 0 N–H and O–H groups in total. The molecule has 5 aromatic rings. The summed E-state index contributed by atoms with van der Waals surface area (Å²) in [7, 11) is 0. The molecule has 0 unspecified atom stereocenters. The highest BCUT2D eigenvalue weighted by atomic mass is 19.4. The van der Waals surface area contributed by atoms with Crippen molar-refractivity contribution >= 4 is 27.6 Å². The zero-order chi connectivity index (χ0) is 23.7. The maximum absolute atomic E-state index is 13.9. The molecular weight excluding hydrogens is 439 g/mol. The van der Waals surface area contributed by atoms with Gasteiger partial charge in [0.25, 0.3) is 0 Å². The third kappa shape index (κ3) is 4.24. The molecule has 0 saturated heterocycles. The molecule has 5 rings (SSSR count). The molecule has 4 nitrogen and oxygen atoms in total. The molecule has 0 radical (unpaired) electrons. The summed E-state index contributed by atoms with van der Waals surface area (Å²) in [6.07, 6.45) is -0.172. The highest BCUT2D eigenvalue weighted by molar-refractivity contribution is 6.00. The average Bonchev–Trinajstić information content (AvgIpc) is 2.86. The molecule has 0 amide bonds. The van der Waals surface area contributed by atoms with Crippen molar-refractivity contribution in [3.8, 4) is 0 Å². The normalized spacial score (nSPS) is 12.7. The lowest BCUT2D eigenvalue weighted by atomic mass is 9.85. The smallest absolute Gasteiger partial charge is 0.294 e. The fourth-order valence-corrected chi connectivity index (χ4v) is 4.16. The second-order valence-corrected chi connectivity index (χ2v) is 7.98. The number of alkyl halides is 3. The van der Waals surface area contributed by atoms with E-state index < -0.39 is 17.7 Å². The van der Waals surface area contributed by atoms with Crippen molar-refractivity contribution in [2.24, 2.45) is 0 Å². The number of Topliss-reactive ketones (excluding diaryl/α,β-unsaturated/α-hetero) is 1. The van der Waals surface area contributed by atoms with Crippen LogP contribution in [0.25, 0.3) is 21.8 Å². The molecule has 0 aliphatic carbocycles. The van der Waals surface area contributed by atoms with Crippen LogP contribution in [-0.4, -0.2) is 20.7 Å². The van der Waals surface area contributed by atoms with E-state index in [0.717, 1.165) is 16.8 Å². The summed E-state index contributed by atoms with van der Waals surface area (Å²) in [4.78, 5) is 26.0. The largest absolute Gasteiger partial charge is 0.418 e. The minimum atomic E-state index is -4.60. The van der Waals surface area contributed by atoms with Gasteiger partial charge >= 0.3 is 6.18 Å². The topological polar surface area (TPSA) is 55.7 Å². The third-order valence-corrected chi connectivity index (χ3v) is 5.82. The summed E-state index contributed by atoms with van der Waals surface area (Å²) < 4.78 is 41.6. The fourth-order valence-electron chi connectivity index (χ4n) is 4.16. The lowest BCUT2D eigenvalue weighted by Gasteiger charge is -2.21. The summed E-state index contributed by atoms with van der Waals surface area (Å²) in [5.41, 5.74) is 1.30. The van der Waals surface area contributed by atoms with Gasteiger partial charge in [0.05, 0.1) is 22.3 Å². The highest BCUT2D eigenvalue weighted by Crippen LogP contribution is 2.39. The van der Waals surface area contributed by atoms with E-state index in [4.69, 9.17) is 0 Å². The number of carbonyl (C=O) groups is 1. The Balaban J connectivity index is 1.61. The Hall–Kier alpha value is -4.13. The van der Waals surface area contributed by atoms with E-state index >= 15 is 0 Å². The fraction of sp³-hybridized carbons (Fsp3) is 0.111. The Morgan fingerprint density at radius 3 is 2.26 bits per heavy atom. The van der Waals surface area contributed by atoms with Crippen LogP contribution in [0.2, 0.25) is 0 Å². The van der Waals surface area contributed by atoms with Gasteiger partial charge in [-0.15, -0.1) is 0 Å². The van der Waals surface area contributed by atoms with Gasteiger partial charge in [-0.3, -0.25) is 19.7 Å². The van der Waals surface area contributed by atoms with E-state index in [9.17, 15) is 18.0 Å². The van der Waals surface area contributed by atoms with Crippen molar-refractivity contribution in [3.63, 3.8) is 0 Å². The van der Waals surface area contributed by atoms with E-state index in [1.807, 2.05) is 12.1 Å². The molecule has 0 saturated carbocycles. The Bertz CT molecular complexity index is 1510. The zero-order valence-corrected chi connectivity index (χ0v) is 17.8. The Labute approximate surface area is 193 Å².